The topological polar surface area (TPSA) is 46.5 Å². The Hall–Kier alpha value is -1.61. The third kappa shape index (κ3) is 19.0. The van der Waals surface area contributed by atoms with E-state index in [0.29, 0.717) is 13.0 Å². The van der Waals surface area contributed by atoms with Crippen molar-refractivity contribution in [2.24, 2.45) is 0 Å². The highest BCUT2D eigenvalue weighted by Gasteiger charge is 2.14. The van der Waals surface area contributed by atoms with E-state index in [2.05, 4.69) is 55.5 Å². The fourth-order valence-corrected chi connectivity index (χ4v) is 2.51. The van der Waals surface area contributed by atoms with Crippen LogP contribution in [-0.4, -0.2) is 23.8 Å². The van der Waals surface area contributed by atoms with Gasteiger partial charge in [0, 0.05) is 6.61 Å². The van der Waals surface area contributed by atoms with E-state index < -0.39 is 12.1 Å². The Morgan fingerprint density at radius 3 is 1.70 bits per heavy atom. The molecule has 0 aliphatic heterocycles. The number of unbranched alkanes of at least 4 members (excludes halogenated alkanes) is 5. The zero-order valence-electron chi connectivity index (χ0n) is 17.4. The van der Waals surface area contributed by atoms with E-state index in [1.807, 2.05) is 6.92 Å². The molecular formula is C24H40O3. The number of carboxylic acids is 1. The number of ether oxygens (including phenoxy) is 1. The highest BCUT2D eigenvalue weighted by Crippen LogP contribution is 2.04. The lowest BCUT2D eigenvalue weighted by atomic mass is 10.2. The Kier molecular flexibility index (Phi) is 19.5. The summed E-state index contributed by atoms with van der Waals surface area (Å²) in [4.78, 5) is 10.8. The fourth-order valence-electron chi connectivity index (χ4n) is 2.51. The molecule has 0 bridgehead atoms. The van der Waals surface area contributed by atoms with Crippen LogP contribution in [0.1, 0.15) is 84.5 Å². The molecule has 0 aromatic carbocycles. The Morgan fingerprint density at radius 2 is 1.26 bits per heavy atom. The second kappa shape index (κ2) is 20.7. The van der Waals surface area contributed by atoms with Gasteiger partial charge in [-0.2, -0.15) is 0 Å². The first-order valence-electron chi connectivity index (χ1n) is 10.7. The fraction of sp³-hybridized carbons (Fsp3) is 0.625. The van der Waals surface area contributed by atoms with Gasteiger partial charge in [0.25, 0.3) is 0 Å². The Bertz CT molecular complexity index is 447. The van der Waals surface area contributed by atoms with Crippen molar-refractivity contribution >= 4 is 5.97 Å². The van der Waals surface area contributed by atoms with Gasteiger partial charge < -0.3 is 9.84 Å². The molecule has 3 heteroatoms. The molecule has 0 aromatic rings. The summed E-state index contributed by atoms with van der Waals surface area (Å²) in [6.45, 7) is 4.59. The monoisotopic (exact) mass is 376 g/mol. The van der Waals surface area contributed by atoms with Crippen molar-refractivity contribution in [2.75, 3.05) is 6.61 Å². The normalized spacial score (nSPS) is 13.6. The van der Waals surface area contributed by atoms with Gasteiger partial charge >= 0.3 is 5.97 Å². The molecular weight excluding hydrogens is 336 g/mol. The Balaban J connectivity index is 3.47. The van der Waals surface area contributed by atoms with E-state index in [1.54, 1.807) is 0 Å². The minimum atomic E-state index is -0.863. The van der Waals surface area contributed by atoms with Crippen molar-refractivity contribution in [1.82, 2.24) is 0 Å². The van der Waals surface area contributed by atoms with Gasteiger partial charge in [0.1, 0.15) is 0 Å². The molecule has 0 saturated carbocycles. The van der Waals surface area contributed by atoms with Gasteiger partial charge in [-0.1, -0.05) is 75.3 Å². The maximum atomic E-state index is 10.8. The van der Waals surface area contributed by atoms with Gasteiger partial charge in [0.2, 0.25) is 0 Å². The smallest absolute Gasteiger partial charge is 0.332 e. The van der Waals surface area contributed by atoms with Crippen LogP contribution in [0.25, 0.3) is 0 Å². The molecule has 0 spiro atoms. The Morgan fingerprint density at radius 1 is 0.778 bits per heavy atom. The first-order chi connectivity index (χ1) is 13.2. The molecule has 0 amide bonds. The van der Waals surface area contributed by atoms with E-state index in [9.17, 15) is 4.79 Å². The van der Waals surface area contributed by atoms with Crippen LogP contribution in [0.4, 0.5) is 0 Å². The number of hydrogen-bond acceptors (Lipinski definition) is 2. The van der Waals surface area contributed by atoms with E-state index in [1.165, 1.54) is 25.7 Å². The van der Waals surface area contributed by atoms with Gasteiger partial charge in [-0.05, 0) is 57.8 Å². The molecule has 1 atom stereocenters. The first kappa shape index (κ1) is 25.4. The van der Waals surface area contributed by atoms with Gasteiger partial charge in [0.05, 0.1) is 0 Å². The summed E-state index contributed by atoms with van der Waals surface area (Å²) in [7, 11) is 0. The lowest BCUT2D eigenvalue weighted by molar-refractivity contribution is -0.150. The molecule has 1 N–H and O–H groups in total. The number of rotatable bonds is 18. The van der Waals surface area contributed by atoms with Crippen LogP contribution >= 0.6 is 0 Å². The molecule has 0 aliphatic rings. The van der Waals surface area contributed by atoms with Crippen molar-refractivity contribution in [3.63, 3.8) is 0 Å². The Labute approximate surface area is 166 Å². The minimum Gasteiger partial charge on any atom is -0.479 e. The predicted molar refractivity (Wildman–Crippen MR) is 116 cm³/mol. The minimum absolute atomic E-state index is 0.520. The van der Waals surface area contributed by atoms with Crippen LogP contribution in [0.15, 0.2) is 48.6 Å². The van der Waals surface area contributed by atoms with Crippen molar-refractivity contribution in [3.8, 4) is 0 Å². The highest BCUT2D eigenvalue weighted by molar-refractivity contribution is 5.72. The summed E-state index contributed by atoms with van der Waals surface area (Å²) in [6.07, 6.45) is 28.8. The molecule has 0 aliphatic carbocycles. The van der Waals surface area contributed by atoms with Crippen molar-refractivity contribution < 1.29 is 14.6 Å². The van der Waals surface area contributed by atoms with Gasteiger partial charge in [-0.15, -0.1) is 0 Å². The number of aliphatic carboxylic acids is 1. The molecule has 0 saturated heterocycles. The third-order valence-corrected chi connectivity index (χ3v) is 4.19. The van der Waals surface area contributed by atoms with E-state index >= 15 is 0 Å². The van der Waals surface area contributed by atoms with Crippen molar-refractivity contribution in [2.45, 2.75) is 90.6 Å². The molecule has 0 fully saturated rings. The summed E-state index contributed by atoms with van der Waals surface area (Å²) < 4.78 is 5.34. The van der Waals surface area contributed by atoms with E-state index in [4.69, 9.17) is 9.84 Å². The summed E-state index contributed by atoms with van der Waals surface area (Å²) in [5.41, 5.74) is 0. The molecule has 27 heavy (non-hydrogen) atoms. The quantitative estimate of drug-likeness (QED) is 0.207. The van der Waals surface area contributed by atoms with Gasteiger partial charge in [0.15, 0.2) is 6.10 Å². The molecule has 0 rings (SSSR count). The average molecular weight is 377 g/mol. The molecule has 0 unspecified atom stereocenters. The summed E-state index contributed by atoms with van der Waals surface area (Å²) in [6, 6.07) is 0. The van der Waals surface area contributed by atoms with Crippen LogP contribution < -0.4 is 0 Å². The number of carboxylic acid groups (broad SMARTS) is 1. The van der Waals surface area contributed by atoms with E-state index in [-0.39, 0.29) is 0 Å². The highest BCUT2D eigenvalue weighted by atomic mass is 16.5. The first-order valence-corrected chi connectivity index (χ1v) is 10.7. The van der Waals surface area contributed by atoms with Gasteiger partial charge in [-0.3, -0.25) is 0 Å². The summed E-state index contributed by atoms with van der Waals surface area (Å²) >= 11 is 0. The molecule has 0 aromatic heterocycles. The second-order valence-corrected chi connectivity index (χ2v) is 6.69. The van der Waals surface area contributed by atoms with Crippen LogP contribution in [0, 0.1) is 0 Å². The molecule has 0 heterocycles. The zero-order valence-corrected chi connectivity index (χ0v) is 17.4. The van der Waals surface area contributed by atoms with Crippen molar-refractivity contribution in [3.05, 3.63) is 48.6 Å². The van der Waals surface area contributed by atoms with Crippen LogP contribution in [0.3, 0.4) is 0 Å². The largest absolute Gasteiger partial charge is 0.479 e. The number of hydrogen-bond donors (Lipinski definition) is 1. The summed E-state index contributed by atoms with van der Waals surface area (Å²) in [5.74, 6) is -0.863. The lowest BCUT2D eigenvalue weighted by Gasteiger charge is -2.10. The maximum Gasteiger partial charge on any atom is 0.332 e. The SMILES string of the molecule is CCCCC/C=C\C/C=C\C/C=C\C/C=C\CCCCO[C@@H](CC)C(=O)O. The average Bonchev–Trinajstić information content (AvgIpc) is 2.66. The lowest BCUT2D eigenvalue weighted by Crippen LogP contribution is -2.23. The third-order valence-electron chi connectivity index (χ3n) is 4.19. The van der Waals surface area contributed by atoms with Crippen LogP contribution in [0.2, 0.25) is 0 Å². The molecule has 0 radical (unpaired) electrons. The van der Waals surface area contributed by atoms with E-state index in [0.717, 1.165) is 38.5 Å². The number of carbonyl (C=O) groups is 1. The summed E-state index contributed by atoms with van der Waals surface area (Å²) in [5, 5.41) is 8.87. The second-order valence-electron chi connectivity index (χ2n) is 6.69. The molecule has 3 nitrogen and oxygen atoms in total. The van der Waals surface area contributed by atoms with Crippen molar-refractivity contribution in [1.29, 1.82) is 0 Å². The predicted octanol–water partition coefficient (Wildman–Crippen LogP) is 7.01. The van der Waals surface area contributed by atoms with Gasteiger partial charge in [-0.25, -0.2) is 4.79 Å². The molecule has 154 valence electrons. The zero-order chi connectivity index (χ0) is 20.0. The van der Waals surface area contributed by atoms with Crippen LogP contribution in [-0.2, 0) is 9.53 Å². The standard InChI is InChI=1S/C24H40O3/c1-3-5-6-7-8-9-10-11-12-13-14-15-16-17-18-19-20-21-22-27-23(4-2)24(25)26/h8-9,11-12,14-15,17-18,23H,3-7,10,13,16,19-22H2,1-2H3,(H,25,26)/b9-8-,12-11-,15-14-,18-17-/t23-/m0/s1. The maximum absolute atomic E-state index is 10.8. The number of allylic oxidation sites excluding steroid dienone is 8. The van der Waals surface area contributed by atoms with Crippen LogP contribution in [0.5, 0.6) is 0 Å².